The minimum absolute atomic E-state index is 0. The molecule has 1 aliphatic heterocycles. The van der Waals surface area contributed by atoms with Crippen LogP contribution in [0.2, 0.25) is 0 Å². The van der Waals surface area contributed by atoms with E-state index >= 15 is 0 Å². The van der Waals surface area contributed by atoms with Crippen LogP contribution in [-0.2, 0) is 13.0 Å². The molecule has 0 saturated carbocycles. The number of nitrogens with zero attached hydrogens (tertiary/aromatic N) is 1. The predicted octanol–water partition coefficient (Wildman–Crippen LogP) is 3.27. The molecule has 4 nitrogen and oxygen atoms in total. The molecule has 1 aromatic heterocycles. The van der Waals surface area contributed by atoms with Gasteiger partial charge in [-0.2, -0.15) is 0 Å². The summed E-state index contributed by atoms with van der Waals surface area (Å²) in [6.07, 6.45) is 2.18. The number of aryl methyl sites for hydroxylation is 1. The summed E-state index contributed by atoms with van der Waals surface area (Å²) in [5, 5.41) is 5.82. The molecular formula is C16H18Cl2FN3O. The average molecular weight is 358 g/mol. The number of rotatable bonds is 2. The molecule has 1 aromatic carbocycles. The molecule has 0 saturated heterocycles. The Labute approximate surface area is 146 Å². The second-order valence-corrected chi connectivity index (χ2v) is 5.11. The van der Waals surface area contributed by atoms with Gasteiger partial charge in [0.05, 0.1) is 5.69 Å². The molecule has 0 aliphatic carbocycles. The zero-order valence-electron chi connectivity index (χ0n) is 12.6. The summed E-state index contributed by atoms with van der Waals surface area (Å²) >= 11 is 0. The smallest absolute Gasteiger partial charge is 0.274 e. The minimum Gasteiger partial charge on any atom is -0.318 e. The standard InChI is InChI=1S/C16H16FN3O.2ClH/c1-10-3-2-7-19-15(10)16(21)20-13-5-4-11-9-18-8-6-12(11)14(13)17;;/h2-5,7,18H,6,8-9H2,1H3,(H,20,21);2*1H. The van der Waals surface area contributed by atoms with E-state index in [4.69, 9.17) is 0 Å². The third-order valence-corrected chi connectivity index (χ3v) is 3.68. The van der Waals surface area contributed by atoms with Crippen LogP contribution in [0.25, 0.3) is 0 Å². The van der Waals surface area contributed by atoms with Crippen LogP contribution in [0.15, 0.2) is 30.5 Å². The number of benzene rings is 1. The van der Waals surface area contributed by atoms with Crippen LogP contribution in [0.4, 0.5) is 10.1 Å². The molecule has 3 rings (SSSR count). The number of amides is 1. The molecule has 0 unspecified atom stereocenters. The Morgan fingerprint density at radius 1 is 1.30 bits per heavy atom. The average Bonchev–Trinajstić information content (AvgIpc) is 2.51. The summed E-state index contributed by atoms with van der Waals surface area (Å²) in [4.78, 5) is 16.2. The Morgan fingerprint density at radius 3 is 2.83 bits per heavy atom. The van der Waals surface area contributed by atoms with Crippen molar-refractivity contribution in [3.05, 3.63) is 58.7 Å². The highest BCUT2D eigenvalue weighted by Gasteiger charge is 2.18. The van der Waals surface area contributed by atoms with E-state index < -0.39 is 0 Å². The Hall–Kier alpha value is -1.69. The second kappa shape index (κ2) is 8.24. The van der Waals surface area contributed by atoms with Gasteiger partial charge >= 0.3 is 0 Å². The molecule has 23 heavy (non-hydrogen) atoms. The van der Waals surface area contributed by atoms with Gasteiger partial charge < -0.3 is 10.6 Å². The van der Waals surface area contributed by atoms with Crippen molar-refractivity contribution in [2.45, 2.75) is 19.9 Å². The van der Waals surface area contributed by atoms with E-state index in [1.54, 1.807) is 31.3 Å². The Balaban J connectivity index is 0.00000132. The van der Waals surface area contributed by atoms with Crippen molar-refractivity contribution in [3.8, 4) is 0 Å². The lowest BCUT2D eigenvalue weighted by Crippen LogP contribution is -2.25. The number of nitrogens with one attached hydrogen (secondary N) is 2. The molecule has 2 aromatic rings. The fourth-order valence-corrected chi connectivity index (χ4v) is 2.54. The normalized spacial score (nSPS) is 12.4. The van der Waals surface area contributed by atoms with Crippen LogP contribution >= 0.6 is 24.8 Å². The van der Waals surface area contributed by atoms with Gasteiger partial charge in [-0.1, -0.05) is 12.1 Å². The van der Waals surface area contributed by atoms with Crippen molar-refractivity contribution in [3.63, 3.8) is 0 Å². The lowest BCUT2D eigenvalue weighted by molar-refractivity contribution is 0.102. The Bertz CT molecular complexity index is 710. The third kappa shape index (κ3) is 3.99. The van der Waals surface area contributed by atoms with Crippen molar-refractivity contribution in [2.75, 3.05) is 11.9 Å². The zero-order valence-corrected chi connectivity index (χ0v) is 14.2. The number of hydrogen-bond acceptors (Lipinski definition) is 3. The Kier molecular flexibility index (Phi) is 6.94. The molecule has 0 spiro atoms. The molecule has 2 N–H and O–H groups in total. The van der Waals surface area contributed by atoms with Gasteiger partial charge in [0, 0.05) is 12.7 Å². The third-order valence-electron chi connectivity index (χ3n) is 3.68. The van der Waals surface area contributed by atoms with Gasteiger partial charge in [-0.05, 0) is 48.7 Å². The fourth-order valence-electron chi connectivity index (χ4n) is 2.54. The zero-order chi connectivity index (χ0) is 14.8. The van der Waals surface area contributed by atoms with Gasteiger partial charge in [-0.25, -0.2) is 4.39 Å². The molecule has 124 valence electrons. The van der Waals surface area contributed by atoms with Crippen LogP contribution in [0.3, 0.4) is 0 Å². The van der Waals surface area contributed by atoms with E-state index in [9.17, 15) is 9.18 Å². The first-order valence-electron chi connectivity index (χ1n) is 6.91. The molecular weight excluding hydrogens is 340 g/mol. The van der Waals surface area contributed by atoms with Crippen molar-refractivity contribution >= 4 is 36.4 Å². The fraction of sp³-hybridized carbons (Fsp3) is 0.250. The highest BCUT2D eigenvalue weighted by Crippen LogP contribution is 2.25. The van der Waals surface area contributed by atoms with Gasteiger partial charge in [0.1, 0.15) is 11.5 Å². The number of hydrogen-bond donors (Lipinski definition) is 2. The van der Waals surface area contributed by atoms with E-state index in [0.717, 1.165) is 17.7 Å². The Morgan fingerprint density at radius 2 is 2.09 bits per heavy atom. The molecule has 0 atom stereocenters. The van der Waals surface area contributed by atoms with Crippen molar-refractivity contribution in [1.82, 2.24) is 10.3 Å². The van der Waals surface area contributed by atoms with Crippen LogP contribution in [0, 0.1) is 12.7 Å². The monoisotopic (exact) mass is 357 g/mol. The molecule has 1 amide bonds. The van der Waals surface area contributed by atoms with Crippen LogP contribution in [0.1, 0.15) is 27.2 Å². The van der Waals surface area contributed by atoms with E-state index in [1.807, 2.05) is 6.07 Å². The number of aromatic nitrogens is 1. The highest BCUT2D eigenvalue weighted by atomic mass is 35.5. The number of anilines is 1. The largest absolute Gasteiger partial charge is 0.318 e. The SMILES string of the molecule is Cc1cccnc1C(=O)Nc1ccc2c(c1F)CCNC2.Cl.Cl. The first kappa shape index (κ1) is 19.4. The van der Waals surface area contributed by atoms with E-state index in [2.05, 4.69) is 15.6 Å². The van der Waals surface area contributed by atoms with Crippen molar-refractivity contribution in [1.29, 1.82) is 0 Å². The number of carbonyl (C=O) groups excluding carboxylic acids is 1. The van der Waals surface area contributed by atoms with Crippen LogP contribution in [-0.4, -0.2) is 17.4 Å². The summed E-state index contributed by atoms with van der Waals surface area (Å²) in [7, 11) is 0. The summed E-state index contributed by atoms with van der Waals surface area (Å²) < 4.78 is 14.5. The van der Waals surface area contributed by atoms with Crippen LogP contribution < -0.4 is 10.6 Å². The molecule has 0 bridgehead atoms. The molecule has 2 heterocycles. The van der Waals surface area contributed by atoms with Crippen molar-refractivity contribution < 1.29 is 9.18 Å². The summed E-state index contributed by atoms with van der Waals surface area (Å²) in [6.45, 7) is 3.22. The van der Waals surface area contributed by atoms with E-state index in [0.29, 0.717) is 24.2 Å². The topological polar surface area (TPSA) is 54.0 Å². The predicted molar refractivity (Wildman–Crippen MR) is 93.2 cm³/mol. The number of fused-ring (bicyclic) bond motifs is 1. The number of halogens is 3. The highest BCUT2D eigenvalue weighted by molar-refractivity contribution is 6.03. The minimum atomic E-state index is -0.388. The van der Waals surface area contributed by atoms with Crippen molar-refractivity contribution in [2.24, 2.45) is 0 Å². The number of carbonyl (C=O) groups is 1. The number of pyridine rings is 1. The van der Waals surface area contributed by atoms with Gasteiger partial charge in [0.2, 0.25) is 0 Å². The van der Waals surface area contributed by atoms with Gasteiger partial charge in [-0.3, -0.25) is 9.78 Å². The first-order chi connectivity index (χ1) is 10.2. The lowest BCUT2D eigenvalue weighted by Gasteiger charge is -2.19. The van der Waals surface area contributed by atoms with Gasteiger partial charge in [0.15, 0.2) is 0 Å². The second-order valence-electron chi connectivity index (χ2n) is 5.11. The maximum absolute atomic E-state index is 14.5. The summed E-state index contributed by atoms with van der Waals surface area (Å²) in [6, 6.07) is 7.03. The lowest BCUT2D eigenvalue weighted by atomic mass is 9.99. The van der Waals surface area contributed by atoms with Gasteiger partial charge in [0.25, 0.3) is 5.91 Å². The summed E-state index contributed by atoms with van der Waals surface area (Å²) in [5.41, 5.74) is 2.93. The van der Waals surface area contributed by atoms with E-state index in [1.165, 1.54) is 0 Å². The maximum atomic E-state index is 14.5. The molecule has 0 fully saturated rings. The molecule has 1 aliphatic rings. The van der Waals surface area contributed by atoms with E-state index in [-0.39, 0.29) is 42.2 Å². The molecule has 0 radical (unpaired) electrons. The maximum Gasteiger partial charge on any atom is 0.274 e. The molecule has 7 heteroatoms. The van der Waals surface area contributed by atoms with Crippen LogP contribution in [0.5, 0.6) is 0 Å². The van der Waals surface area contributed by atoms with Gasteiger partial charge in [-0.15, -0.1) is 24.8 Å². The quantitative estimate of drug-likeness (QED) is 0.867. The summed E-state index contributed by atoms with van der Waals surface area (Å²) in [5.74, 6) is -0.725. The first-order valence-corrected chi connectivity index (χ1v) is 6.91.